The lowest BCUT2D eigenvalue weighted by atomic mass is 10.9. The van der Waals surface area contributed by atoms with Gasteiger partial charge in [-0.25, -0.2) is 4.39 Å². The lowest BCUT2D eigenvalue weighted by Gasteiger charge is -1.81. The Balaban J connectivity index is 2.19. The summed E-state index contributed by atoms with van der Waals surface area (Å²) in [6.07, 6.45) is 0. The maximum Gasteiger partial charge on any atom is 0.255 e. The van der Waals surface area contributed by atoms with E-state index in [0.29, 0.717) is 6.61 Å². The van der Waals surface area contributed by atoms with E-state index in [9.17, 15) is 4.39 Å². The van der Waals surface area contributed by atoms with Crippen LogP contribution in [0.1, 0.15) is 6.92 Å². The summed E-state index contributed by atoms with van der Waals surface area (Å²) in [5.74, 6) is 0. The van der Waals surface area contributed by atoms with Crippen LogP contribution in [0, 0.1) is 6.86 Å². The average Bonchev–Trinajstić information content (AvgIpc) is 1.41. The zero-order valence-electron chi connectivity index (χ0n) is 3.07. The summed E-state index contributed by atoms with van der Waals surface area (Å²) in [5.41, 5.74) is 0. The van der Waals surface area contributed by atoms with Crippen LogP contribution in [0.3, 0.4) is 0 Å². The third-order valence-corrected chi connectivity index (χ3v) is 0.230. The Kier molecular flexibility index (Phi) is 3.80. The van der Waals surface area contributed by atoms with Gasteiger partial charge in [0, 0.05) is 6.61 Å². The molecule has 0 rings (SSSR count). The summed E-state index contributed by atoms with van der Waals surface area (Å²) in [5, 5.41) is 0. The zero-order chi connectivity index (χ0) is 4.12. The molecule has 0 heterocycles. The lowest BCUT2D eigenvalue weighted by molar-refractivity contribution is 0.144. The molecule has 0 saturated carbocycles. The molecule has 0 amide bonds. The normalized spacial score (nSPS) is 8.40. The Hall–Kier alpha value is -0.110. The van der Waals surface area contributed by atoms with E-state index in [1.807, 2.05) is 0 Å². The molecule has 0 bridgehead atoms. The summed E-state index contributed by atoms with van der Waals surface area (Å²) in [4.78, 5) is 0. The maximum atomic E-state index is 10.6. The van der Waals surface area contributed by atoms with Gasteiger partial charge in [0.05, 0.1) is 0 Å². The fourth-order valence-corrected chi connectivity index (χ4v) is 0.0630. The highest BCUT2D eigenvalue weighted by Crippen LogP contribution is 1.76. The summed E-state index contributed by atoms with van der Waals surface area (Å²) in [6.45, 7) is 2.31. The Morgan fingerprint density at radius 1 is 2.00 bits per heavy atom. The van der Waals surface area contributed by atoms with E-state index < -0.39 is 0 Å². The van der Waals surface area contributed by atoms with E-state index in [1.54, 1.807) is 6.92 Å². The van der Waals surface area contributed by atoms with E-state index in [0.717, 1.165) is 0 Å². The third-order valence-electron chi connectivity index (χ3n) is 0.230. The molecule has 1 radical (unpaired) electrons. The van der Waals surface area contributed by atoms with E-state index in [1.165, 1.54) is 0 Å². The van der Waals surface area contributed by atoms with E-state index in [2.05, 4.69) is 4.74 Å². The first-order chi connectivity index (χ1) is 2.41. The van der Waals surface area contributed by atoms with Crippen molar-refractivity contribution in [2.24, 2.45) is 0 Å². The standard InChI is InChI=1S/C3H6FO/c1-2-5-3-4/h3H,2H2,1H3. The van der Waals surface area contributed by atoms with Crippen LogP contribution in [0.2, 0.25) is 0 Å². The number of ether oxygens (including phenoxy) is 1. The minimum Gasteiger partial charge on any atom is -0.344 e. The van der Waals surface area contributed by atoms with Gasteiger partial charge in [-0.2, -0.15) is 0 Å². The second-order valence-electron chi connectivity index (χ2n) is 0.544. The minimum absolute atomic E-state index is 0.181. The van der Waals surface area contributed by atoms with Crippen LogP contribution >= 0.6 is 0 Å². The number of hydrogen-bond donors (Lipinski definition) is 0. The molecule has 31 valence electrons. The summed E-state index contributed by atoms with van der Waals surface area (Å²) >= 11 is 0. The van der Waals surface area contributed by atoms with Gasteiger partial charge in [0.2, 0.25) is 0 Å². The molecule has 0 N–H and O–H groups in total. The van der Waals surface area contributed by atoms with Gasteiger partial charge in [-0.1, -0.05) is 0 Å². The molecule has 0 unspecified atom stereocenters. The fraction of sp³-hybridized carbons (Fsp3) is 0.667. The van der Waals surface area contributed by atoms with Crippen molar-refractivity contribution in [1.82, 2.24) is 0 Å². The number of halogens is 1. The Bertz CT molecular complexity index is 14.4. The first kappa shape index (κ1) is 4.89. The van der Waals surface area contributed by atoms with Crippen molar-refractivity contribution in [3.8, 4) is 0 Å². The van der Waals surface area contributed by atoms with Crippen LogP contribution in [0.5, 0.6) is 0 Å². The highest BCUT2D eigenvalue weighted by atomic mass is 19.1. The average molecular weight is 77.1 g/mol. The molecule has 1 nitrogen and oxygen atoms in total. The number of hydrogen-bond acceptors (Lipinski definition) is 1. The molecule has 5 heavy (non-hydrogen) atoms. The summed E-state index contributed by atoms with van der Waals surface area (Å²) in [7, 11) is 0. The highest BCUT2D eigenvalue weighted by molar-refractivity contribution is 4.14. The monoisotopic (exact) mass is 77.0 g/mol. The molecule has 2 heteroatoms. The zero-order valence-corrected chi connectivity index (χ0v) is 3.07. The molecule has 0 fully saturated rings. The molecule has 0 atom stereocenters. The van der Waals surface area contributed by atoms with Crippen molar-refractivity contribution < 1.29 is 9.13 Å². The highest BCUT2D eigenvalue weighted by Gasteiger charge is 1.69. The number of rotatable bonds is 2. The molecule has 0 aromatic rings. The molecule has 0 aliphatic rings. The smallest absolute Gasteiger partial charge is 0.255 e. The van der Waals surface area contributed by atoms with Crippen LogP contribution in [0.25, 0.3) is 0 Å². The first-order valence-corrected chi connectivity index (χ1v) is 1.45. The van der Waals surface area contributed by atoms with Gasteiger partial charge in [-0.05, 0) is 6.92 Å². The molecule has 0 aliphatic heterocycles. The minimum atomic E-state index is 0.181. The van der Waals surface area contributed by atoms with Crippen molar-refractivity contribution in [1.29, 1.82) is 0 Å². The lowest BCUT2D eigenvalue weighted by Crippen LogP contribution is -1.76. The van der Waals surface area contributed by atoms with Gasteiger partial charge < -0.3 is 4.74 Å². The van der Waals surface area contributed by atoms with E-state index in [4.69, 9.17) is 0 Å². The van der Waals surface area contributed by atoms with E-state index in [-0.39, 0.29) is 6.86 Å². The van der Waals surface area contributed by atoms with Gasteiger partial charge in [-0.15, -0.1) is 0 Å². The summed E-state index contributed by atoms with van der Waals surface area (Å²) < 4.78 is 14.7. The van der Waals surface area contributed by atoms with Crippen LogP contribution in [-0.4, -0.2) is 6.61 Å². The van der Waals surface area contributed by atoms with Crippen molar-refractivity contribution in [2.45, 2.75) is 6.92 Å². The Morgan fingerprint density at radius 2 is 2.60 bits per heavy atom. The third kappa shape index (κ3) is 3.89. The maximum absolute atomic E-state index is 10.6. The van der Waals surface area contributed by atoms with Gasteiger partial charge in [0.15, 0.2) is 0 Å². The molecule has 0 spiro atoms. The molecular weight excluding hydrogens is 71.0 g/mol. The van der Waals surface area contributed by atoms with Gasteiger partial charge in [0.25, 0.3) is 6.86 Å². The predicted molar refractivity (Wildman–Crippen MR) is 17.0 cm³/mol. The van der Waals surface area contributed by atoms with Crippen molar-refractivity contribution >= 4 is 0 Å². The van der Waals surface area contributed by atoms with Crippen LogP contribution in [-0.2, 0) is 4.74 Å². The topological polar surface area (TPSA) is 9.23 Å². The van der Waals surface area contributed by atoms with Gasteiger partial charge >= 0.3 is 0 Å². The predicted octanol–water partition coefficient (Wildman–Crippen LogP) is 1.11. The van der Waals surface area contributed by atoms with Crippen molar-refractivity contribution in [3.05, 3.63) is 6.86 Å². The van der Waals surface area contributed by atoms with E-state index >= 15 is 0 Å². The molecule has 0 saturated heterocycles. The van der Waals surface area contributed by atoms with Crippen LogP contribution in [0.4, 0.5) is 4.39 Å². The van der Waals surface area contributed by atoms with Crippen LogP contribution < -0.4 is 0 Å². The fourth-order valence-electron chi connectivity index (χ4n) is 0.0630. The first-order valence-electron chi connectivity index (χ1n) is 1.45. The quantitative estimate of drug-likeness (QED) is 0.479. The summed E-state index contributed by atoms with van der Waals surface area (Å²) in [6, 6.07) is 0. The second-order valence-corrected chi connectivity index (χ2v) is 0.544. The molecule has 0 aliphatic carbocycles. The largest absolute Gasteiger partial charge is 0.344 e. The van der Waals surface area contributed by atoms with Crippen molar-refractivity contribution in [2.75, 3.05) is 6.61 Å². The Labute approximate surface area is 30.7 Å². The van der Waals surface area contributed by atoms with Crippen molar-refractivity contribution in [3.63, 3.8) is 0 Å². The molecular formula is C3H6FO. The van der Waals surface area contributed by atoms with Gasteiger partial charge in [0.1, 0.15) is 0 Å². The second kappa shape index (κ2) is 3.89. The van der Waals surface area contributed by atoms with Crippen LogP contribution in [0.15, 0.2) is 0 Å². The SMILES string of the molecule is CCO[CH]F. The Morgan fingerprint density at radius 3 is 2.60 bits per heavy atom. The molecule has 0 aromatic heterocycles. The van der Waals surface area contributed by atoms with Gasteiger partial charge in [-0.3, -0.25) is 0 Å². The molecule has 0 aromatic carbocycles.